The Morgan fingerprint density at radius 3 is 1.48 bits per heavy atom. The van der Waals surface area contributed by atoms with Gasteiger partial charge in [0.25, 0.3) is 11.8 Å². The highest BCUT2D eigenvalue weighted by Gasteiger charge is 2.26. The lowest BCUT2D eigenvalue weighted by molar-refractivity contribution is -0.143. The monoisotopic (exact) mass is 914 g/mol. The van der Waals surface area contributed by atoms with Crippen LogP contribution in [-0.2, 0) is 35.0 Å². The van der Waals surface area contributed by atoms with Gasteiger partial charge in [0.15, 0.2) is 0 Å². The van der Waals surface area contributed by atoms with Crippen LogP contribution in [0.15, 0.2) is 40.9 Å². The van der Waals surface area contributed by atoms with Crippen molar-refractivity contribution in [2.75, 3.05) is 32.7 Å². The van der Waals surface area contributed by atoms with E-state index < -0.39 is 70.9 Å². The van der Waals surface area contributed by atoms with E-state index in [9.17, 15) is 37.5 Å². The maximum atomic E-state index is 14.0. The summed E-state index contributed by atoms with van der Waals surface area (Å²) in [5.41, 5.74) is -0.944. The van der Waals surface area contributed by atoms with Gasteiger partial charge in [-0.3, -0.25) is 9.59 Å². The summed E-state index contributed by atoms with van der Waals surface area (Å²) in [6.45, 7) is 10.3. The molecule has 0 saturated carbocycles. The number of nitrogens with one attached hydrogen (secondary N) is 4. The first-order valence-corrected chi connectivity index (χ1v) is 17.7. The third-order valence-electron chi connectivity index (χ3n) is 5.86. The van der Waals surface area contributed by atoms with E-state index in [-0.39, 0.29) is 17.5 Å². The molecule has 2 aromatic rings. The number of carbonyl (C=O) groups is 6. The summed E-state index contributed by atoms with van der Waals surface area (Å²) >= 11 is 5.08. The molecule has 52 heavy (non-hydrogen) atoms. The Labute approximate surface area is 324 Å². The number of amides is 4. The van der Waals surface area contributed by atoms with Gasteiger partial charge in [0.2, 0.25) is 0 Å². The van der Waals surface area contributed by atoms with Crippen LogP contribution < -0.4 is 21.3 Å². The van der Waals surface area contributed by atoms with Crippen molar-refractivity contribution in [3.63, 3.8) is 0 Å². The second kappa shape index (κ2) is 22.8. The van der Waals surface area contributed by atoms with E-state index >= 15 is 0 Å². The lowest BCUT2D eigenvalue weighted by Gasteiger charge is -2.22. The molecule has 0 spiro atoms. The van der Waals surface area contributed by atoms with Gasteiger partial charge in [-0.1, -0.05) is 44.6 Å². The van der Waals surface area contributed by atoms with Gasteiger partial charge in [-0.05, 0) is 77.4 Å². The highest BCUT2D eigenvalue weighted by atomic mass is 127. The molecule has 0 aliphatic rings. The molecule has 0 saturated heterocycles. The van der Waals surface area contributed by atoms with E-state index in [4.69, 9.17) is 9.47 Å². The van der Waals surface area contributed by atoms with Crippen LogP contribution in [-0.4, -0.2) is 92.0 Å². The number of alkyl halides is 1. The molecule has 4 amide bonds. The Bertz CT molecular complexity index is 1550. The van der Waals surface area contributed by atoms with Gasteiger partial charge in [0, 0.05) is 29.4 Å². The van der Waals surface area contributed by atoms with Crippen molar-refractivity contribution >= 4 is 74.5 Å². The molecule has 0 aliphatic heterocycles. The average molecular weight is 916 g/mol. The SMILES string of the molecule is CNC(=O)c1ccc(Br)cc1F.CNC(=O)c1ccc(C[C@H](NC(=O)OC(C)(C)C)C(=O)OC)cc1F.COC(=O)[C@H](CI)NC(=O)OC(C)(C)C. The fourth-order valence-electron chi connectivity index (χ4n) is 3.59. The van der Waals surface area contributed by atoms with Gasteiger partial charge in [-0.25, -0.2) is 28.0 Å². The summed E-state index contributed by atoms with van der Waals surface area (Å²) in [5.74, 6) is -3.39. The van der Waals surface area contributed by atoms with Crippen molar-refractivity contribution in [2.45, 2.75) is 71.2 Å². The third-order valence-corrected chi connectivity index (χ3v) is 7.23. The van der Waals surface area contributed by atoms with E-state index in [0.717, 1.165) is 6.07 Å². The minimum absolute atomic E-state index is 0.0170. The molecule has 0 aliphatic carbocycles. The summed E-state index contributed by atoms with van der Waals surface area (Å²) in [6.07, 6.45) is -1.42. The number of benzene rings is 2. The van der Waals surface area contributed by atoms with E-state index in [1.54, 1.807) is 47.6 Å². The smallest absolute Gasteiger partial charge is 0.408 e. The largest absolute Gasteiger partial charge is 0.467 e. The standard InChI is InChI=1S/C17H23FN2O5.C9H16INO4.C8H7BrFNO/c1-17(2,3)25-16(23)20-13(15(22)24-5)9-10-6-7-11(12(18)8-10)14(21)19-4;1-9(2,3)15-8(13)11-6(5-10)7(12)14-4;1-11-8(12)6-3-2-5(9)4-7(6)10/h6-8,13H,9H2,1-5H3,(H,19,21)(H,20,23);6H,5H2,1-4H3,(H,11,13);2-4H,1H3,(H,11,12)/t13-;6-;/m00./s1. The molecule has 0 bridgehead atoms. The zero-order valence-corrected chi connectivity index (χ0v) is 34.4. The highest BCUT2D eigenvalue weighted by Crippen LogP contribution is 2.16. The first-order valence-electron chi connectivity index (χ1n) is 15.4. The first-order chi connectivity index (χ1) is 24.0. The van der Waals surface area contributed by atoms with Gasteiger partial charge in [-0.15, -0.1) is 0 Å². The third kappa shape index (κ3) is 19.0. The Morgan fingerprint density at radius 2 is 1.12 bits per heavy atom. The maximum absolute atomic E-state index is 14.0. The van der Waals surface area contributed by atoms with Crippen molar-refractivity contribution in [2.24, 2.45) is 0 Å². The van der Waals surface area contributed by atoms with Crippen LogP contribution in [0.3, 0.4) is 0 Å². The molecule has 290 valence electrons. The zero-order valence-electron chi connectivity index (χ0n) is 30.6. The number of alkyl carbamates (subject to hydrolysis) is 2. The lowest BCUT2D eigenvalue weighted by Crippen LogP contribution is -2.45. The summed E-state index contributed by atoms with van der Waals surface area (Å²) in [5, 5.41) is 9.51. The van der Waals surface area contributed by atoms with E-state index in [0.29, 0.717) is 14.5 Å². The molecule has 18 heteroatoms. The quantitative estimate of drug-likeness (QED) is 0.112. The van der Waals surface area contributed by atoms with Gasteiger partial charge < -0.3 is 40.2 Å². The summed E-state index contributed by atoms with van der Waals surface area (Å²) in [7, 11) is 5.32. The Hall–Kier alpha value is -4.07. The van der Waals surface area contributed by atoms with Crippen LogP contribution in [0.2, 0.25) is 0 Å². The van der Waals surface area contributed by atoms with Crippen LogP contribution in [0.25, 0.3) is 0 Å². The predicted molar refractivity (Wildman–Crippen MR) is 200 cm³/mol. The minimum Gasteiger partial charge on any atom is -0.467 e. The number of hydrogen-bond acceptors (Lipinski definition) is 10. The molecule has 0 unspecified atom stereocenters. The number of esters is 2. The number of hydrogen-bond donors (Lipinski definition) is 4. The van der Waals surface area contributed by atoms with Crippen LogP contribution in [0, 0.1) is 11.6 Å². The molecule has 0 heterocycles. The second-order valence-corrected chi connectivity index (χ2v) is 14.2. The molecular weight excluding hydrogens is 869 g/mol. The number of rotatable bonds is 9. The van der Waals surface area contributed by atoms with Gasteiger partial charge in [0.05, 0.1) is 25.3 Å². The number of carbonyl (C=O) groups excluding carboxylic acids is 6. The Morgan fingerprint density at radius 1 is 0.712 bits per heavy atom. The normalized spacial score (nSPS) is 11.7. The van der Waals surface area contributed by atoms with Crippen LogP contribution in [0.4, 0.5) is 18.4 Å². The van der Waals surface area contributed by atoms with E-state index in [1.807, 2.05) is 22.6 Å². The molecule has 2 atom stereocenters. The molecule has 14 nitrogen and oxygen atoms in total. The van der Waals surface area contributed by atoms with E-state index in [2.05, 4.69) is 46.7 Å². The molecule has 0 radical (unpaired) electrons. The van der Waals surface area contributed by atoms with Gasteiger partial charge >= 0.3 is 24.1 Å². The van der Waals surface area contributed by atoms with Gasteiger partial charge in [-0.2, -0.15) is 0 Å². The average Bonchev–Trinajstić information content (AvgIpc) is 3.04. The predicted octanol–water partition coefficient (Wildman–Crippen LogP) is 5.23. The topological polar surface area (TPSA) is 187 Å². The Kier molecular flexibility index (Phi) is 21.0. The van der Waals surface area contributed by atoms with Crippen LogP contribution in [0.5, 0.6) is 0 Å². The summed E-state index contributed by atoms with van der Waals surface area (Å²) in [6, 6.07) is 6.54. The van der Waals surface area contributed by atoms with Crippen molar-refractivity contribution in [3.05, 3.63) is 69.2 Å². The Balaban J connectivity index is 0.000000818. The molecular formula is C34H46BrF2IN4O10. The molecule has 0 fully saturated rings. The van der Waals surface area contributed by atoms with Crippen molar-refractivity contribution < 1.29 is 56.5 Å². The van der Waals surface area contributed by atoms with Crippen LogP contribution in [0.1, 0.15) is 67.8 Å². The molecule has 0 aromatic heterocycles. The fourth-order valence-corrected chi connectivity index (χ4v) is 4.50. The molecule has 2 aromatic carbocycles. The van der Waals surface area contributed by atoms with Crippen molar-refractivity contribution in [3.8, 4) is 0 Å². The number of methoxy groups -OCH3 is 2. The summed E-state index contributed by atoms with van der Waals surface area (Å²) in [4.78, 5) is 68.7. The van der Waals surface area contributed by atoms with Crippen LogP contribution >= 0.6 is 38.5 Å². The van der Waals surface area contributed by atoms with E-state index in [1.165, 1.54) is 52.6 Å². The summed E-state index contributed by atoms with van der Waals surface area (Å²) < 4.78 is 47.4. The number of halogens is 4. The highest BCUT2D eigenvalue weighted by molar-refractivity contribution is 14.1. The number of ether oxygens (including phenoxy) is 4. The zero-order chi connectivity index (χ0) is 40.4. The fraction of sp³-hybridized carbons (Fsp3) is 0.471. The molecule has 2 rings (SSSR count). The molecule has 4 N–H and O–H groups in total. The van der Waals surface area contributed by atoms with Gasteiger partial charge in [0.1, 0.15) is 34.9 Å². The lowest BCUT2D eigenvalue weighted by atomic mass is 10.0. The minimum atomic E-state index is -1.05. The van der Waals surface area contributed by atoms with Crippen molar-refractivity contribution in [1.29, 1.82) is 0 Å². The first kappa shape index (κ1) is 47.9. The van der Waals surface area contributed by atoms with Crippen molar-refractivity contribution in [1.82, 2.24) is 21.3 Å². The second-order valence-electron chi connectivity index (χ2n) is 12.4. The maximum Gasteiger partial charge on any atom is 0.408 e.